The molecule has 1 spiro atoms. The van der Waals surface area contributed by atoms with Crippen molar-refractivity contribution in [2.24, 2.45) is 81.2 Å². The molecule has 5 saturated carbocycles. The van der Waals surface area contributed by atoms with Crippen LogP contribution in [0.2, 0.25) is 0 Å². The molecule has 1 saturated heterocycles. The minimum Gasteiger partial charge on any atom is -0.481 e. The first-order chi connectivity index (χ1) is 25.5. The topological polar surface area (TPSA) is 153 Å². The van der Waals surface area contributed by atoms with E-state index < -0.39 is 5.97 Å². The van der Waals surface area contributed by atoms with E-state index in [4.69, 9.17) is 10.8 Å². The number of Topliss-reactive ketones (excluding diaryl/α,β-unsaturated/α-hetero) is 1. The summed E-state index contributed by atoms with van der Waals surface area (Å²) < 4.78 is 0. The summed E-state index contributed by atoms with van der Waals surface area (Å²) in [5, 5.41) is 22.3. The Kier molecular flexibility index (Phi) is 21.3. The third-order valence-corrected chi connectivity index (χ3v) is 15.4. The lowest BCUT2D eigenvalue weighted by Gasteiger charge is -2.25. The molecule has 326 valence electrons. The quantitative estimate of drug-likeness (QED) is 0.137. The van der Waals surface area contributed by atoms with Gasteiger partial charge in [-0.3, -0.25) is 24.5 Å². The number of carbonyl (C=O) groups excluding carboxylic acids is 2. The molecule has 0 aromatic heterocycles. The highest BCUT2D eigenvalue weighted by Crippen LogP contribution is 2.50. The number of nitro groups is 1. The lowest BCUT2D eigenvalue weighted by Crippen LogP contribution is -2.30. The summed E-state index contributed by atoms with van der Waals surface area (Å²) in [6.07, 6.45) is 15.1. The van der Waals surface area contributed by atoms with E-state index in [-0.39, 0.29) is 47.0 Å². The van der Waals surface area contributed by atoms with Crippen molar-refractivity contribution in [3.63, 3.8) is 0 Å². The highest BCUT2D eigenvalue weighted by Gasteiger charge is 2.46. The van der Waals surface area contributed by atoms with Gasteiger partial charge in [-0.05, 0) is 141 Å². The number of hydrogen-bond acceptors (Lipinski definition) is 6. The molecule has 9 nitrogen and oxygen atoms in total. The first kappa shape index (κ1) is 52.0. The number of allylic oxidation sites excluding steroid dienone is 2. The monoisotopic (exact) mass is 810 g/mol. The number of ketones is 1. The van der Waals surface area contributed by atoms with Crippen LogP contribution in [0.1, 0.15) is 167 Å². The number of nitrogens with one attached hydrogen (secondary N) is 1. The molecule has 56 heavy (non-hydrogen) atoms. The van der Waals surface area contributed by atoms with Crippen LogP contribution in [0.4, 0.5) is 0 Å². The van der Waals surface area contributed by atoms with Crippen LogP contribution in [0, 0.1) is 85.5 Å². The summed E-state index contributed by atoms with van der Waals surface area (Å²) in [4.78, 5) is 42.8. The zero-order chi connectivity index (χ0) is 41.9. The van der Waals surface area contributed by atoms with Crippen LogP contribution >= 0.6 is 12.4 Å². The van der Waals surface area contributed by atoms with Crippen molar-refractivity contribution in [2.75, 3.05) is 19.6 Å². The Morgan fingerprint density at radius 2 is 1.14 bits per heavy atom. The fourth-order valence-electron chi connectivity index (χ4n) is 10.9. The summed E-state index contributed by atoms with van der Waals surface area (Å²) >= 11 is 0. The molecule has 10 heteroatoms. The number of carboxylic acid groups (broad SMARTS) is 1. The molecule has 0 bridgehead atoms. The van der Waals surface area contributed by atoms with Gasteiger partial charge in [0.2, 0.25) is 12.5 Å². The van der Waals surface area contributed by atoms with E-state index in [1.165, 1.54) is 25.7 Å². The molecule has 0 radical (unpaired) electrons. The molecule has 10 atom stereocenters. The van der Waals surface area contributed by atoms with Crippen molar-refractivity contribution >= 4 is 30.1 Å². The van der Waals surface area contributed by atoms with Gasteiger partial charge in [-0.1, -0.05) is 87.8 Å². The van der Waals surface area contributed by atoms with Crippen LogP contribution in [-0.2, 0) is 14.4 Å². The molecule has 1 aliphatic heterocycles. The number of carboxylic acids is 1. The SMILES string of the molecule is CC=C1C[C@H](C)[C@@H](C)C1.CCC1(C[N+](=O)[O-])C[C@H](C)[C@@H](C)C1.C[C@H]1CC(=O)C[C@@H]1C.C[C@H]1CC(CN)(CC(=O)O)C[C@@H]1C.C[C@H]1CC2(CNC(=O)C2)C[C@@H]1C.Cl. The van der Waals surface area contributed by atoms with E-state index in [9.17, 15) is 24.5 Å². The van der Waals surface area contributed by atoms with Crippen molar-refractivity contribution in [3.8, 4) is 0 Å². The maximum absolute atomic E-state index is 11.1. The molecule has 5 aliphatic carbocycles. The smallest absolute Gasteiger partial charge is 0.303 e. The van der Waals surface area contributed by atoms with Crippen molar-refractivity contribution in [3.05, 3.63) is 21.8 Å². The Bertz CT molecular complexity index is 1210. The predicted octanol–water partition coefficient (Wildman–Crippen LogP) is 10.8. The number of nitrogens with two attached hydrogens (primary N) is 1. The van der Waals surface area contributed by atoms with Gasteiger partial charge in [0.25, 0.3) is 0 Å². The predicted molar refractivity (Wildman–Crippen MR) is 232 cm³/mol. The van der Waals surface area contributed by atoms with Crippen LogP contribution in [0.15, 0.2) is 11.6 Å². The van der Waals surface area contributed by atoms with Crippen molar-refractivity contribution in [2.45, 2.75) is 167 Å². The largest absolute Gasteiger partial charge is 0.481 e. The molecule has 0 aromatic rings. The van der Waals surface area contributed by atoms with Gasteiger partial charge in [-0.2, -0.15) is 0 Å². The second-order valence-electron chi connectivity index (χ2n) is 20.4. The van der Waals surface area contributed by atoms with E-state index in [2.05, 4.69) is 94.5 Å². The fraction of sp³-hybridized carbons (Fsp3) is 0.891. The average Bonchev–Trinajstić information content (AvgIpc) is 3.90. The Hall–Kier alpha value is -2.00. The normalized spacial score (nSPS) is 34.3. The highest BCUT2D eigenvalue weighted by atomic mass is 35.5. The van der Waals surface area contributed by atoms with E-state index in [1.54, 1.807) is 5.57 Å². The van der Waals surface area contributed by atoms with Gasteiger partial charge < -0.3 is 16.2 Å². The maximum atomic E-state index is 11.1. The lowest BCUT2D eigenvalue weighted by molar-refractivity contribution is -0.497. The van der Waals surface area contributed by atoms with Gasteiger partial charge in [0.1, 0.15) is 5.78 Å². The number of aliphatic carboxylic acids is 1. The van der Waals surface area contributed by atoms with Crippen molar-refractivity contribution < 1.29 is 24.4 Å². The fourth-order valence-corrected chi connectivity index (χ4v) is 10.9. The van der Waals surface area contributed by atoms with E-state index in [0.29, 0.717) is 53.3 Å². The van der Waals surface area contributed by atoms with Crippen LogP contribution in [0.3, 0.4) is 0 Å². The highest BCUT2D eigenvalue weighted by molar-refractivity contribution is 5.85. The van der Waals surface area contributed by atoms with E-state index in [1.807, 2.05) is 0 Å². The Morgan fingerprint density at radius 1 is 0.750 bits per heavy atom. The zero-order valence-electron chi connectivity index (χ0n) is 37.6. The molecular formula is C46H84ClN3O6. The Labute approximate surface area is 347 Å². The van der Waals surface area contributed by atoms with E-state index >= 15 is 0 Å². The van der Waals surface area contributed by atoms with Crippen LogP contribution in [0.5, 0.6) is 0 Å². The number of hydrogen-bond donors (Lipinski definition) is 3. The minimum atomic E-state index is -0.716. The number of amides is 1. The minimum absolute atomic E-state index is 0. The molecular weight excluding hydrogens is 726 g/mol. The Morgan fingerprint density at radius 3 is 1.41 bits per heavy atom. The van der Waals surface area contributed by atoms with Crippen LogP contribution in [-0.4, -0.2) is 47.3 Å². The third kappa shape index (κ3) is 15.6. The van der Waals surface area contributed by atoms with E-state index in [0.717, 1.165) is 81.6 Å². The third-order valence-electron chi connectivity index (χ3n) is 15.4. The van der Waals surface area contributed by atoms with Gasteiger partial charge in [0.05, 0.1) is 6.42 Å². The molecule has 6 rings (SSSR count). The van der Waals surface area contributed by atoms with Gasteiger partial charge in [-0.15, -0.1) is 12.4 Å². The number of nitrogens with zero attached hydrogens (tertiary/aromatic N) is 1. The summed E-state index contributed by atoms with van der Waals surface area (Å²) in [7, 11) is 0. The average molecular weight is 811 g/mol. The van der Waals surface area contributed by atoms with Crippen LogP contribution < -0.4 is 11.1 Å². The molecule has 4 N–H and O–H groups in total. The molecule has 1 amide bonds. The summed E-state index contributed by atoms with van der Waals surface area (Å²) in [5.74, 6) is 7.27. The summed E-state index contributed by atoms with van der Waals surface area (Å²) in [6.45, 7) is 28.2. The molecule has 0 unspecified atom stereocenters. The van der Waals surface area contributed by atoms with Crippen molar-refractivity contribution in [1.29, 1.82) is 0 Å². The second kappa shape index (κ2) is 23.0. The first-order valence-corrected chi connectivity index (χ1v) is 22.0. The number of halogens is 1. The number of carbonyl (C=O) groups is 3. The first-order valence-electron chi connectivity index (χ1n) is 22.0. The van der Waals surface area contributed by atoms with Gasteiger partial charge in [0.15, 0.2) is 0 Å². The molecule has 0 aromatic carbocycles. The molecule has 1 heterocycles. The standard InChI is InChI=1S/2C10H19NO2.C10H17NO.C9H16.C7H12O.ClH/c1-7-3-10(6-11,4-8(7)2)5-9(12)13;1-4-10(7-11(12)13)5-8(2)9(3)6-10;1-7-3-10(4-8(7)2)5-9(12)11-6-10;1-4-9-5-7(2)8(3)6-9;1-5-3-7(8)4-6(5)2;/h7-8H,3-6,11H2,1-2H3,(H,12,13);8-9H,4-7H2,1-3H3;7-8H,3-6H2,1-2H3,(H,11,12);4,7-8H,5-6H2,1-3H3;5-6H,3-4H2,1-2H3;1H/t7-,8-;8-,9-;2*7-,8-;5-,6-;/m00000./s1. The molecule has 6 aliphatic rings. The summed E-state index contributed by atoms with van der Waals surface area (Å²) in [5.41, 5.74) is 7.57. The van der Waals surface area contributed by atoms with Crippen LogP contribution in [0.25, 0.3) is 0 Å². The Balaban J connectivity index is 0.000000352. The zero-order valence-corrected chi connectivity index (χ0v) is 38.4. The maximum Gasteiger partial charge on any atom is 0.303 e. The second-order valence-corrected chi connectivity index (χ2v) is 20.4. The van der Waals surface area contributed by atoms with Gasteiger partial charge in [0, 0.05) is 36.1 Å². The lowest BCUT2D eigenvalue weighted by atomic mass is 9.82. The van der Waals surface area contributed by atoms with Gasteiger partial charge in [-0.25, -0.2) is 0 Å². The van der Waals surface area contributed by atoms with Crippen molar-refractivity contribution in [1.82, 2.24) is 5.32 Å². The molecule has 6 fully saturated rings. The summed E-state index contributed by atoms with van der Waals surface area (Å²) in [6, 6.07) is 0. The number of rotatable bonds is 6. The van der Waals surface area contributed by atoms with Gasteiger partial charge >= 0.3 is 5.97 Å².